The molecule has 1 aromatic carbocycles. The van der Waals surface area contributed by atoms with E-state index in [1.54, 1.807) is 19.4 Å². The van der Waals surface area contributed by atoms with Gasteiger partial charge in [0.05, 0.1) is 23.0 Å². The van der Waals surface area contributed by atoms with Crippen molar-refractivity contribution in [3.8, 4) is 0 Å². The van der Waals surface area contributed by atoms with Gasteiger partial charge in [0, 0.05) is 32.5 Å². The van der Waals surface area contributed by atoms with Crippen LogP contribution in [0.25, 0.3) is 10.9 Å². The van der Waals surface area contributed by atoms with Crippen molar-refractivity contribution in [2.45, 2.75) is 19.1 Å². The lowest BCUT2D eigenvalue weighted by Gasteiger charge is -2.38. The van der Waals surface area contributed by atoms with E-state index < -0.39 is 0 Å². The Balaban J connectivity index is 1.41. The van der Waals surface area contributed by atoms with Crippen molar-refractivity contribution in [1.82, 2.24) is 20.5 Å². The Morgan fingerprint density at radius 3 is 2.85 bits per heavy atom. The molecular formula is C19H22N6O2. The SMILES string of the molecule is COC1CN(c2n[nH]c3cc(NC(=O)NC(C)c4ccccc4)ncc23)C1. The van der Waals surface area contributed by atoms with Crippen molar-refractivity contribution in [2.75, 3.05) is 30.4 Å². The van der Waals surface area contributed by atoms with Crippen LogP contribution < -0.4 is 15.5 Å². The highest BCUT2D eigenvalue weighted by Crippen LogP contribution is 2.28. The summed E-state index contributed by atoms with van der Waals surface area (Å²) in [6.45, 7) is 3.57. The first-order valence-electron chi connectivity index (χ1n) is 8.88. The highest BCUT2D eigenvalue weighted by atomic mass is 16.5. The van der Waals surface area contributed by atoms with Gasteiger partial charge in [0.1, 0.15) is 5.82 Å². The lowest BCUT2D eigenvalue weighted by Crippen LogP contribution is -2.52. The van der Waals surface area contributed by atoms with Gasteiger partial charge in [-0.3, -0.25) is 10.4 Å². The minimum absolute atomic E-state index is 0.103. The molecule has 4 rings (SSSR count). The highest BCUT2D eigenvalue weighted by molar-refractivity contribution is 5.94. The highest BCUT2D eigenvalue weighted by Gasteiger charge is 2.29. The topological polar surface area (TPSA) is 95.2 Å². The summed E-state index contributed by atoms with van der Waals surface area (Å²) in [5, 5.41) is 14.0. The summed E-state index contributed by atoms with van der Waals surface area (Å²) in [5.41, 5.74) is 1.87. The number of fused-ring (bicyclic) bond motifs is 1. The minimum atomic E-state index is -0.302. The molecular weight excluding hydrogens is 344 g/mol. The van der Waals surface area contributed by atoms with E-state index in [1.165, 1.54) is 0 Å². The van der Waals surface area contributed by atoms with Crippen molar-refractivity contribution in [2.24, 2.45) is 0 Å². The van der Waals surface area contributed by atoms with Crippen LogP contribution in [0.1, 0.15) is 18.5 Å². The molecule has 27 heavy (non-hydrogen) atoms. The van der Waals surface area contributed by atoms with E-state index in [0.29, 0.717) is 5.82 Å². The van der Waals surface area contributed by atoms with E-state index in [-0.39, 0.29) is 18.2 Å². The summed E-state index contributed by atoms with van der Waals surface area (Å²) in [4.78, 5) is 18.7. The number of ether oxygens (including phenoxy) is 1. The molecule has 2 amide bonds. The monoisotopic (exact) mass is 366 g/mol. The van der Waals surface area contributed by atoms with Gasteiger partial charge in [-0.15, -0.1) is 0 Å². The first kappa shape index (κ1) is 17.3. The maximum Gasteiger partial charge on any atom is 0.320 e. The van der Waals surface area contributed by atoms with Gasteiger partial charge in [0.25, 0.3) is 0 Å². The molecule has 0 radical (unpaired) electrons. The second-order valence-corrected chi connectivity index (χ2v) is 6.66. The zero-order chi connectivity index (χ0) is 18.8. The molecule has 1 atom stereocenters. The van der Waals surface area contributed by atoms with Crippen molar-refractivity contribution >= 4 is 28.6 Å². The van der Waals surface area contributed by atoms with Gasteiger partial charge in [-0.25, -0.2) is 9.78 Å². The number of hydrogen-bond donors (Lipinski definition) is 3. The largest absolute Gasteiger partial charge is 0.378 e. The maximum absolute atomic E-state index is 12.3. The average molecular weight is 366 g/mol. The molecule has 8 heteroatoms. The molecule has 1 unspecified atom stereocenters. The van der Waals surface area contributed by atoms with E-state index in [2.05, 4.69) is 30.7 Å². The zero-order valence-electron chi connectivity index (χ0n) is 15.3. The van der Waals surface area contributed by atoms with Gasteiger partial charge in [-0.1, -0.05) is 30.3 Å². The van der Waals surface area contributed by atoms with E-state index in [0.717, 1.165) is 35.4 Å². The van der Waals surface area contributed by atoms with Crippen LogP contribution in [0, 0.1) is 0 Å². The number of amides is 2. The van der Waals surface area contributed by atoms with Gasteiger partial charge < -0.3 is 15.0 Å². The van der Waals surface area contributed by atoms with E-state index in [1.807, 2.05) is 37.3 Å². The normalized spacial score (nSPS) is 15.4. The number of nitrogens with one attached hydrogen (secondary N) is 3. The van der Waals surface area contributed by atoms with Crippen LogP contribution in [0.3, 0.4) is 0 Å². The predicted molar refractivity (Wildman–Crippen MR) is 104 cm³/mol. The van der Waals surface area contributed by atoms with E-state index >= 15 is 0 Å². The third kappa shape index (κ3) is 3.56. The number of aromatic amines is 1. The number of nitrogens with zero attached hydrogens (tertiary/aromatic N) is 3. The van der Waals surface area contributed by atoms with Crippen LogP contribution in [0.5, 0.6) is 0 Å². The Bertz CT molecular complexity index is 936. The van der Waals surface area contributed by atoms with Gasteiger partial charge in [-0.2, -0.15) is 5.10 Å². The number of benzene rings is 1. The van der Waals surface area contributed by atoms with Crippen LogP contribution in [0.2, 0.25) is 0 Å². The molecule has 1 aliphatic heterocycles. The number of carbonyl (C=O) groups excluding carboxylic acids is 1. The number of hydrogen-bond acceptors (Lipinski definition) is 5. The molecule has 140 valence electrons. The summed E-state index contributed by atoms with van der Waals surface area (Å²) >= 11 is 0. The van der Waals surface area contributed by atoms with Crippen LogP contribution in [0.15, 0.2) is 42.6 Å². The first-order chi connectivity index (χ1) is 13.1. The molecule has 8 nitrogen and oxygen atoms in total. The summed E-state index contributed by atoms with van der Waals surface area (Å²) in [6.07, 6.45) is 1.98. The maximum atomic E-state index is 12.3. The fourth-order valence-electron chi connectivity index (χ4n) is 3.14. The molecule has 1 aliphatic rings. The number of anilines is 2. The van der Waals surface area contributed by atoms with E-state index in [4.69, 9.17) is 4.74 Å². The smallest absolute Gasteiger partial charge is 0.320 e. The fourth-order valence-corrected chi connectivity index (χ4v) is 3.14. The fraction of sp³-hybridized carbons (Fsp3) is 0.316. The van der Waals surface area contributed by atoms with Crippen molar-refractivity contribution in [1.29, 1.82) is 0 Å². The molecule has 0 bridgehead atoms. The minimum Gasteiger partial charge on any atom is -0.378 e. The second kappa shape index (κ2) is 7.24. The molecule has 2 aromatic heterocycles. The summed E-state index contributed by atoms with van der Waals surface area (Å²) < 4.78 is 5.30. The number of aromatic nitrogens is 3. The molecule has 3 heterocycles. The lowest BCUT2D eigenvalue weighted by molar-refractivity contribution is 0.0784. The molecule has 3 N–H and O–H groups in total. The third-order valence-electron chi connectivity index (χ3n) is 4.80. The van der Waals surface area contributed by atoms with Crippen molar-refractivity contribution in [3.63, 3.8) is 0 Å². The van der Waals surface area contributed by atoms with Crippen molar-refractivity contribution < 1.29 is 9.53 Å². The van der Waals surface area contributed by atoms with Crippen LogP contribution in [0.4, 0.5) is 16.4 Å². The Kier molecular flexibility index (Phi) is 4.64. The molecule has 0 saturated carbocycles. The zero-order valence-corrected chi connectivity index (χ0v) is 15.3. The van der Waals surface area contributed by atoms with Crippen LogP contribution in [-0.2, 0) is 4.74 Å². The first-order valence-corrected chi connectivity index (χ1v) is 8.88. The Morgan fingerprint density at radius 2 is 2.11 bits per heavy atom. The number of pyridine rings is 1. The number of rotatable bonds is 5. The quantitative estimate of drug-likeness (QED) is 0.645. The van der Waals surface area contributed by atoms with E-state index in [9.17, 15) is 4.79 Å². The molecule has 1 fully saturated rings. The van der Waals surface area contributed by atoms with Gasteiger partial charge in [0.15, 0.2) is 5.82 Å². The molecule has 0 spiro atoms. The van der Waals surface area contributed by atoms with Gasteiger partial charge in [0.2, 0.25) is 0 Å². The van der Waals surface area contributed by atoms with Crippen molar-refractivity contribution in [3.05, 3.63) is 48.2 Å². The van der Waals surface area contributed by atoms with Gasteiger partial charge >= 0.3 is 6.03 Å². The Morgan fingerprint density at radius 1 is 1.33 bits per heavy atom. The number of H-pyrrole nitrogens is 1. The summed E-state index contributed by atoms with van der Waals surface area (Å²) in [6, 6.07) is 11.2. The average Bonchev–Trinajstić information content (AvgIpc) is 3.04. The second-order valence-electron chi connectivity index (χ2n) is 6.66. The summed E-state index contributed by atoms with van der Waals surface area (Å²) in [7, 11) is 1.72. The Hall–Kier alpha value is -3.13. The standard InChI is InChI=1S/C19H22N6O2/c1-12(13-6-4-3-5-7-13)21-19(26)22-17-8-16-15(9-20-17)18(24-23-16)25-10-14(11-25)27-2/h3-9,12,14H,10-11H2,1-2H3,(H,23,24)(H2,20,21,22,26). The number of methoxy groups -OCH3 is 1. The molecule has 1 saturated heterocycles. The van der Waals surface area contributed by atoms with Gasteiger partial charge in [-0.05, 0) is 12.5 Å². The third-order valence-corrected chi connectivity index (χ3v) is 4.80. The number of carbonyl (C=O) groups is 1. The summed E-state index contributed by atoms with van der Waals surface area (Å²) in [5.74, 6) is 1.33. The van der Waals surface area contributed by atoms with Crippen LogP contribution in [-0.4, -0.2) is 47.5 Å². The Labute approximate surface area is 156 Å². The predicted octanol–water partition coefficient (Wildman–Crippen LogP) is 2.68. The molecule has 0 aliphatic carbocycles. The molecule has 3 aromatic rings. The van der Waals surface area contributed by atoms with Crippen LogP contribution >= 0.6 is 0 Å². The number of urea groups is 1. The lowest BCUT2D eigenvalue weighted by atomic mass is 10.1.